The molecule has 0 unspecified atom stereocenters. The Bertz CT molecular complexity index is 757. The number of hydrogen-bond donors (Lipinski definition) is 2. The Balaban J connectivity index is 1.66. The van der Waals surface area contributed by atoms with E-state index in [9.17, 15) is 9.59 Å². The summed E-state index contributed by atoms with van der Waals surface area (Å²) in [7, 11) is 0. The fraction of sp³-hybridized carbons (Fsp3) is 0.333. The van der Waals surface area contributed by atoms with Crippen molar-refractivity contribution in [2.45, 2.75) is 19.3 Å². The van der Waals surface area contributed by atoms with Crippen LogP contribution in [0, 0.1) is 5.92 Å². The molecule has 0 spiro atoms. The van der Waals surface area contributed by atoms with Crippen LogP contribution >= 0.6 is 0 Å². The van der Waals surface area contributed by atoms with Gasteiger partial charge < -0.3 is 16.0 Å². The van der Waals surface area contributed by atoms with Crippen molar-refractivity contribution in [3.8, 4) is 0 Å². The molecule has 0 heterocycles. The normalized spacial score (nSPS) is 13.3. The third-order valence-corrected chi connectivity index (χ3v) is 4.52. The minimum Gasteiger partial charge on any atom is -0.337 e. The highest BCUT2D eigenvalue weighted by atomic mass is 16.2. The summed E-state index contributed by atoms with van der Waals surface area (Å²) in [5, 5.41) is 2.89. The van der Waals surface area contributed by atoms with Crippen LogP contribution in [0.3, 0.4) is 0 Å². The van der Waals surface area contributed by atoms with Crippen molar-refractivity contribution < 1.29 is 9.59 Å². The number of anilines is 1. The molecule has 0 atom stereocenters. The molecule has 0 radical (unpaired) electrons. The first-order valence-corrected chi connectivity index (χ1v) is 9.11. The molecule has 136 valence electrons. The molecule has 1 fully saturated rings. The van der Waals surface area contributed by atoms with Gasteiger partial charge in [0.25, 0.3) is 5.91 Å². The molecule has 2 aromatic rings. The van der Waals surface area contributed by atoms with Gasteiger partial charge in [0.1, 0.15) is 0 Å². The zero-order chi connectivity index (χ0) is 18.4. The van der Waals surface area contributed by atoms with Gasteiger partial charge in [0.15, 0.2) is 0 Å². The van der Waals surface area contributed by atoms with Crippen LogP contribution in [-0.4, -0.2) is 36.3 Å². The summed E-state index contributed by atoms with van der Waals surface area (Å²) in [5.41, 5.74) is 8.13. The topological polar surface area (TPSA) is 75.4 Å². The first-order valence-electron chi connectivity index (χ1n) is 9.11. The minimum atomic E-state index is -0.0612. The van der Waals surface area contributed by atoms with Gasteiger partial charge in [-0.3, -0.25) is 9.59 Å². The van der Waals surface area contributed by atoms with Gasteiger partial charge in [0.05, 0.1) is 0 Å². The molecule has 3 N–H and O–H groups in total. The van der Waals surface area contributed by atoms with E-state index in [0.29, 0.717) is 30.9 Å². The van der Waals surface area contributed by atoms with Crippen molar-refractivity contribution in [2.24, 2.45) is 11.7 Å². The van der Waals surface area contributed by atoms with Gasteiger partial charge in [-0.1, -0.05) is 36.4 Å². The van der Waals surface area contributed by atoms with Crippen LogP contribution in [0.4, 0.5) is 5.69 Å². The maximum absolute atomic E-state index is 12.9. The number of carbonyl (C=O) groups is 2. The molecule has 1 aliphatic carbocycles. The van der Waals surface area contributed by atoms with E-state index in [1.54, 1.807) is 23.1 Å². The van der Waals surface area contributed by atoms with Gasteiger partial charge in [-0.2, -0.15) is 0 Å². The lowest BCUT2D eigenvalue weighted by Gasteiger charge is -2.22. The number of hydrogen-bond acceptors (Lipinski definition) is 3. The molecule has 0 saturated heterocycles. The zero-order valence-corrected chi connectivity index (χ0v) is 14.9. The highest BCUT2D eigenvalue weighted by molar-refractivity contribution is 5.98. The van der Waals surface area contributed by atoms with E-state index in [1.807, 2.05) is 24.3 Å². The molecule has 1 aliphatic rings. The van der Waals surface area contributed by atoms with Crippen molar-refractivity contribution in [1.82, 2.24) is 4.90 Å². The molecule has 0 aromatic heterocycles. The van der Waals surface area contributed by atoms with Gasteiger partial charge in [0, 0.05) is 36.8 Å². The Labute approximate surface area is 154 Å². The highest BCUT2D eigenvalue weighted by Gasteiger charge is 2.29. The maximum atomic E-state index is 12.9. The van der Waals surface area contributed by atoms with Gasteiger partial charge in [-0.15, -0.1) is 0 Å². The fourth-order valence-corrected chi connectivity index (χ4v) is 2.88. The molecular weight excluding hydrogens is 326 g/mol. The lowest BCUT2D eigenvalue weighted by molar-refractivity contribution is -0.117. The molecule has 5 nitrogen and oxygen atoms in total. The summed E-state index contributed by atoms with van der Waals surface area (Å²) in [4.78, 5) is 26.6. The molecule has 26 heavy (non-hydrogen) atoms. The number of nitrogens with one attached hydrogen (secondary N) is 1. The quantitative estimate of drug-likeness (QED) is 0.768. The average molecular weight is 351 g/mol. The molecule has 3 rings (SSSR count). The fourth-order valence-electron chi connectivity index (χ4n) is 2.88. The molecule has 0 aliphatic heterocycles. The Morgan fingerprint density at radius 1 is 1.04 bits per heavy atom. The van der Waals surface area contributed by atoms with Gasteiger partial charge >= 0.3 is 0 Å². The largest absolute Gasteiger partial charge is 0.337 e. The second-order valence-corrected chi connectivity index (χ2v) is 6.66. The van der Waals surface area contributed by atoms with E-state index in [-0.39, 0.29) is 17.7 Å². The Hall–Kier alpha value is -2.66. The van der Waals surface area contributed by atoms with Crippen LogP contribution in [0.1, 0.15) is 28.8 Å². The maximum Gasteiger partial charge on any atom is 0.253 e. The van der Waals surface area contributed by atoms with Crippen molar-refractivity contribution in [1.29, 1.82) is 0 Å². The van der Waals surface area contributed by atoms with E-state index >= 15 is 0 Å². The standard InChI is InChI=1S/C21H25N3O2/c22-12-14-24(13-11-16-5-2-1-3-6-16)21(26)18-7-4-8-19(15-18)23-20(25)17-9-10-17/h1-8,15,17H,9-14,22H2,(H,23,25). The van der Waals surface area contributed by atoms with Crippen LogP contribution in [-0.2, 0) is 11.2 Å². The predicted octanol–water partition coefficient (Wildman–Crippen LogP) is 2.68. The van der Waals surface area contributed by atoms with Crippen LogP contribution in [0.15, 0.2) is 54.6 Å². The number of nitrogens with zero attached hydrogens (tertiary/aromatic N) is 1. The van der Waals surface area contributed by atoms with Crippen LogP contribution < -0.4 is 11.1 Å². The molecule has 5 heteroatoms. The molecule has 2 amide bonds. The summed E-state index contributed by atoms with van der Waals surface area (Å²) in [6, 6.07) is 17.2. The third kappa shape index (κ3) is 4.92. The summed E-state index contributed by atoms with van der Waals surface area (Å²) < 4.78 is 0. The Kier molecular flexibility index (Phi) is 6.02. The average Bonchev–Trinajstić information content (AvgIpc) is 3.51. The van der Waals surface area contributed by atoms with Crippen molar-refractivity contribution >= 4 is 17.5 Å². The van der Waals surface area contributed by atoms with Crippen molar-refractivity contribution in [2.75, 3.05) is 25.0 Å². The SMILES string of the molecule is NCCN(CCc1ccccc1)C(=O)c1cccc(NC(=O)C2CC2)c1. The molecule has 1 saturated carbocycles. The monoisotopic (exact) mass is 351 g/mol. The predicted molar refractivity (Wildman–Crippen MR) is 103 cm³/mol. The Morgan fingerprint density at radius 2 is 1.81 bits per heavy atom. The molecule has 2 aromatic carbocycles. The summed E-state index contributed by atoms with van der Waals surface area (Å²) in [6.45, 7) is 1.53. The van der Waals surface area contributed by atoms with Crippen LogP contribution in [0.2, 0.25) is 0 Å². The lowest BCUT2D eigenvalue weighted by Crippen LogP contribution is -2.37. The van der Waals surface area contributed by atoms with Crippen LogP contribution in [0.25, 0.3) is 0 Å². The van der Waals surface area contributed by atoms with E-state index < -0.39 is 0 Å². The van der Waals surface area contributed by atoms with Gasteiger partial charge in [-0.25, -0.2) is 0 Å². The van der Waals surface area contributed by atoms with E-state index in [0.717, 1.165) is 19.3 Å². The van der Waals surface area contributed by atoms with Crippen molar-refractivity contribution in [3.63, 3.8) is 0 Å². The van der Waals surface area contributed by atoms with Gasteiger partial charge in [-0.05, 0) is 43.0 Å². The second kappa shape index (κ2) is 8.63. The number of benzene rings is 2. The zero-order valence-electron chi connectivity index (χ0n) is 14.9. The van der Waals surface area contributed by atoms with E-state index in [2.05, 4.69) is 17.4 Å². The number of amides is 2. The summed E-state index contributed by atoms with van der Waals surface area (Å²) in [5.74, 6) is 0.111. The molecule has 0 bridgehead atoms. The minimum absolute atomic E-state index is 0.0393. The highest BCUT2D eigenvalue weighted by Crippen LogP contribution is 2.30. The van der Waals surface area contributed by atoms with E-state index in [4.69, 9.17) is 5.73 Å². The second-order valence-electron chi connectivity index (χ2n) is 6.66. The number of nitrogens with two attached hydrogens (primary N) is 1. The summed E-state index contributed by atoms with van der Waals surface area (Å²) >= 11 is 0. The van der Waals surface area contributed by atoms with Crippen LogP contribution in [0.5, 0.6) is 0 Å². The molecular formula is C21H25N3O2. The smallest absolute Gasteiger partial charge is 0.253 e. The Morgan fingerprint density at radius 3 is 2.50 bits per heavy atom. The third-order valence-electron chi connectivity index (χ3n) is 4.52. The lowest BCUT2D eigenvalue weighted by atomic mass is 10.1. The number of rotatable bonds is 8. The van der Waals surface area contributed by atoms with Gasteiger partial charge in [0.2, 0.25) is 5.91 Å². The van der Waals surface area contributed by atoms with Crippen molar-refractivity contribution in [3.05, 3.63) is 65.7 Å². The first-order chi connectivity index (χ1) is 12.7. The first kappa shape index (κ1) is 18.1. The number of carbonyl (C=O) groups excluding carboxylic acids is 2. The summed E-state index contributed by atoms with van der Waals surface area (Å²) in [6.07, 6.45) is 2.69. The van der Waals surface area contributed by atoms with E-state index in [1.165, 1.54) is 5.56 Å².